The lowest BCUT2D eigenvalue weighted by Crippen LogP contribution is -2.16. The van der Waals surface area contributed by atoms with Gasteiger partial charge in [-0.25, -0.2) is 4.79 Å². The molecule has 0 fully saturated rings. The van der Waals surface area contributed by atoms with Gasteiger partial charge in [-0.15, -0.1) is 0 Å². The number of benzene rings is 2. The topological polar surface area (TPSA) is 66.4 Å². The van der Waals surface area contributed by atoms with Crippen LogP contribution in [0.4, 0.5) is 5.69 Å². The number of hydrogen-bond donors (Lipinski definition) is 2. The van der Waals surface area contributed by atoms with Gasteiger partial charge in [0.25, 0.3) is 0 Å². The highest BCUT2D eigenvalue weighted by atomic mass is 16.4. The molecule has 2 aromatic rings. The molecule has 4 heteroatoms. The van der Waals surface area contributed by atoms with E-state index in [4.69, 9.17) is 0 Å². The zero-order valence-electron chi connectivity index (χ0n) is 14.3. The summed E-state index contributed by atoms with van der Waals surface area (Å²) in [5, 5.41) is 12.2. The molecule has 0 unspecified atom stereocenters. The number of carboxylic acid groups (broad SMARTS) is 1. The second-order valence-electron chi connectivity index (χ2n) is 6.20. The molecule has 0 saturated carbocycles. The first-order chi connectivity index (χ1) is 11.4. The van der Waals surface area contributed by atoms with E-state index in [-0.39, 0.29) is 17.9 Å². The smallest absolute Gasteiger partial charge is 0.335 e. The molecule has 0 spiro atoms. The van der Waals surface area contributed by atoms with Gasteiger partial charge in [0.2, 0.25) is 5.91 Å². The molecule has 0 heterocycles. The Labute approximate surface area is 142 Å². The number of nitrogens with one attached hydrogen (secondary N) is 1. The van der Waals surface area contributed by atoms with Crippen LogP contribution in [0.5, 0.6) is 0 Å². The fourth-order valence-electron chi connectivity index (χ4n) is 2.74. The maximum Gasteiger partial charge on any atom is 0.335 e. The quantitative estimate of drug-likeness (QED) is 0.828. The summed E-state index contributed by atoms with van der Waals surface area (Å²) < 4.78 is 0. The average molecular weight is 325 g/mol. The van der Waals surface area contributed by atoms with E-state index in [0.29, 0.717) is 17.9 Å². The summed E-state index contributed by atoms with van der Waals surface area (Å²) >= 11 is 0. The fourth-order valence-corrected chi connectivity index (χ4v) is 2.74. The first kappa shape index (κ1) is 17.7. The van der Waals surface area contributed by atoms with Crippen LogP contribution in [0.3, 0.4) is 0 Å². The number of hydrogen-bond acceptors (Lipinski definition) is 2. The number of carboxylic acids is 1. The minimum atomic E-state index is -0.966. The Morgan fingerprint density at radius 2 is 1.79 bits per heavy atom. The Morgan fingerprint density at radius 1 is 1.08 bits per heavy atom. The standard InChI is InChI=1S/C20H23NO3/c1-13(2)16-10-6-7-14(3)19(16)21-18(22)12-11-15-8-4-5-9-17(15)20(23)24/h4-10,13H,11-12H2,1-3H3,(H,21,22)(H,23,24). The Morgan fingerprint density at radius 3 is 2.46 bits per heavy atom. The predicted octanol–water partition coefficient (Wildman–Crippen LogP) is 4.39. The lowest BCUT2D eigenvalue weighted by Gasteiger charge is -2.16. The molecule has 0 aliphatic rings. The maximum atomic E-state index is 12.3. The molecule has 0 radical (unpaired) electrons. The zero-order valence-corrected chi connectivity index (χ0v) is 14.3. The molecule has 126 valence electrons. The number of anilines is 1. The van der Waals surface area contributed by atoms with Crippen molar-refractivity contribution < 1.29 is 14.7 Å². The molecule has 0 aromatic heterocycles. The van der Waals surface area contributed by atoms with Crippen molar-refractivity contribution in [3.8, 4) is 0 Å². The van der Waals surface area contributed by atoms with Gasteiger partial charge in [0, 0.05) is 12.1 Å². The van der Waals surface area contributed by atoms with Gasteiger partial charge in [0.1, 0.15) is 0 Å². The van der Waals surface area contributed by atoms with Gasteiger partial charge in [-0.1, -0.05) is 50.2 Å². The van der Waals surface area contributed by atoms with E-state index in [1.807, 2.05) is 25.1 Å². The summed E-state index contributed by atoms with van der Waals surface area (Å²) in [5.41, 5.74) is 3.93. The second kappa shape index (κ2) is 7.77. The van der Waals surface area contributed by atoms with Crippen molar-refractivity contribution in [3.05, 3.63) is 64.7 Å². The monoisotopic (exact) mass is 325 g/mol. The van der Waals surface area contributed by atoms with Gasteiger partial charge in [-0.3, -0.25) is 4.79 Å². The summed E-state index contributed by atoms with van der Waals surface area (Å²) in [5.74, 6) is -0.758. The van der Waals surface area contributed by atoms with Crippen LogP contribution in [0.2, 0.25) is 0 Å². The van der Waals surface area contributed by atoms with E-state index in [2.05, 4.69) is 19.2 Å². The van der Waals surface area contributed by atoms with Gasteiger partial charge in [0.05, 0.1) is 5.56 Å². The van der Waals surface area contributed by atoms with Crippen LogP contribution in [0.25, 0.3) is 0 Å². The third-order valence-electron chi connectivity index (χ3n) is 4.06. The highest BCUT2D eigenvalue weighted by Crippen LogP contribution is 2.27. The van der Waals surface area contributed by atoms with Crippen LogP contribution in [0.15, 0.2) is 42.5 Å². The third-order valence-corrected chi connectivity index (χ3v) is 4.06. The first-order valence-corrected chi connectivity index (χ1v) is 8.10. The van der Waals surface area contributed by atoms with E-state index in [9.17, 15) is 14.7 Å². The minimum Gasteiger partial charge on any atom is -0.478 e. The van der Waals surface area contributed by atoms with Gasteiger partial charge in [-0.05, 0) is 42.0 Å². The van der Waals surface area contributed by atoms with Gasteiger partial charge in [0.15, 0.2) is 0 Å². The van der Waals surface area contributed by atoms with E-state index >= 15 is 0 Å². The number of aromatic carboxylic acids is 1. The maximum absolute atomic E-state index is 12.3. The number of rotatable bonds is 6. The van der Waals surface area contributed by atoms with Crippen LogP contribution in [-0.4, -0.2) is 17.0 Å². The Balaban J connectivity index is 2.09. The van der Waals surface area contributed by atoms with Gasteiger partial charge in [-0.2, -0.15) is 0 Å². The van der Waals surface area contributed by atoms with Crippen LogP contribution in [-0.2, 0) is 11.2 Å². The van der Waals surface area contributed by atoms with Crippen molar-refractivity contribution in [2.75, 3.05) is 5.32 Å². The molecule has 1 amide bonds. The molecule has 2 N–H and O–H groups in total. The molecule has 4 nitrogen and oxygen atoms in total. The lowest BCUT2D eigenvalue weighted by molar-refractivity contribution is -0.116. The molecule has 2 aromatic carbocycles. The van der Waals surface area contributed by atoms with Crippen LogP contribution < -0.4 is 5.32 Å². The largest absolute Gasteiger partial charge is 0.478 e. The van der Waals surface area contributed by atoms with Crippen LogP contribution in [0.1, 0.15) is 53.2 Å². The average Bonchev–Trinajstić information content (AvgIpc) is 2.54. The van der Waals surface area contributed by atoms with E-state index in [1.54, 1.807) is 24.3 Å². The molecule has 24 heavy (non-hydrogen) atoms. The van der Waals surface area contributed by atoms with Crippen molar-refractivity contribution in [1.82, 2.24) is 0 Å². The lowest BCUT2D eigenvalue weighted by atomic mass is 9.98. The highest BCUT2D eigenvalue weighted by Gasteiger charge is 2.14. The van der Waals surface area contributed by atoms with Crippen molar-refractivity contribution in [1.29, 1.82) is 0 Å². The Kier molecular flexibility index (Phi) is 5.74. The van der Waals surface area contributed by atoms with Crippen LogP contribution >= 0.6 is 0 Å². The van der Waals surface area contributed by atoms with Crippen molar-refractivity contribution in [2.24, 2.45) is 0 Å². The number of amides is 1. The predicted molar refractivity (Wildman–Crippen MR) is 95.6 cm³/mol. The Hall–Kier alpha value is -2.62. The number of carbonyl (C=O) groups excluding carboxylic acids is 1. The Bertz CT molecular complexity index is 750. The number of carbonyl (C=O) groups is 2. The summed E-state index contributed by atoms with van der Waals surface area (Å²) in [4.78, 5) is 23.6. The normalized spacial score (nSPS) is 10.7. The molecular formula is C20H23NO3. The molecule has 0 saturated heterocycles. The highest BCUT2D eigenvalue weighted by molar-refractivity contribution is 5.93. The summed E-state index contributed by atoms with van der Waals surface area (Å²) in [6.45, 7) is 6.16. The van der Waals surface area contributed by atoms with E-state index in [1.165, 1.54) is 0 Å². The van der Waals surface area contributed by atoms with Gasteiger partial charge < -0.3 is 10.4 Å². The van der Waals surface area contributed by atoms with Crippen molar-refractivity contribution in [2.45, 2.75) is 39.5 Å². The first-order valence-electron chi connectivity index (χ1n) is 8.10. The summed E-state index contributed by atoms with van der Waals surface area (Å²) in [7, 11) is 0. The molecule has 2 rings (SSSR count). The van der Waals surface area contributed by atoms with Crippen molar-refractivity contribution >= 4 is 17.6 Å². The second-order valence-corrected chi connectivity index (χ2v) is 6.20. The zero-order chi connectivity index (χ0) is 17.7. The van der Waals surface area contributed by atoms with E-state index in [0.717, 1.165) is 16.8 Å². The van der Waals surface area contributed by atoms with E-state index < -0.39 is 5.97 Å². The molecule has 0 atom stereocenters. The minimum absolute atomic E-state index is 0.105. The van der Waals surface area contributed by atoms with Crippen molar-refractivity contribution in [3.63, 3.8) is 0 Å². The molecule has 0 aliphatic heterocycles. The fraction of sp³-hybridized carbons (Fsp3) is 0.300. The molecule has 0 aliphatic carbocycles. The molecule has 0 bridgehead atoms. The number of para-hydroxylation sites is 1. The third kappa shape index (κ3) is 4.22. The summed E-state index contributed by atoms with van der Waals surface area (Å²) in [6.07, 6.45) is 0.646. The van der Waals surface area contributed by atoms with Crippen LogP contribution in [0, 0.1) is 6.92 Å². The SMILES string of the molecule is Cc1cccc(C(C)C)c1NC(=O)CCc1ccccc1C(=O)O. The van der Waals surface area contributed by atoms with Gasteiger partial charge >= 0.3 is 5.97 Å². The number of aryl methyl sites for hydroxylation is 2. The molecular weight excluding hydrogens is 302 g/mol. The summed E-state index contributed by atoms with van der Waals surface area (Å²) in [6, 6.07) is 12.8.